The number of carbonyl (C=O) groups excluding carboxylic acids is 2. The summed E-state index contributed by atoms with van der Waals surface area (Å²) in [4.78, 5) is 31.0. The molecule has 1 atom stereocenters. The van der Waals surface area contributed by atoms with Crippen LogP contribution in [-0.4, -0.2) is 54.6 Å². The van der Waals surface area contributed by atoms with Crippen LogP contribution in [-0.2, 0) is 16.1 Å². The van der Waals surface area contributed by atoms with Crippen LogP contribution >= 0.6 is 24.0 Å². The number of benzene rings is 1. The molecule has 0 radical (unpaired) electrons. The minimum absolute atomic E-state index is 0. The second-order valence-corrected chi connectivity index (χ2v) is 9.65. The van der Waals surface area contributed by atoms with Crippen molar-refractivity contribution in [1.29, 1.82) is 0 Å². The number of halogens is 1. The number of nitrogens with one attached hydrogen (secondary N) is 3. The molecule has 0 bridgehead atoms. The normalized spacial score (nSPS) is 19.1. The number of carbonyl (C=O) groups is 2. The second kappa shape index (κ2) is 12.4. The first-order chi connectivity index (χ1) is 15.2. The van der Waals surface area contributed by atoms with Crippen molar-refractivity contribution >= 4 is 47.6 Å². The van der Waals surface area contributed by atoms with E-state index >= 15 is 0 Å². The molecule has 3 rings (SSSR count). The molecule has 1 saturated heterocycles. The van der Waals surface area contributed by atoms with Crippen LogP contribution in [0, 0.1) is 5.92 Å². The van der Waals surface area contributed by atoms with Crippen molar-refractivity contribution in [3.63, 3.8) is 0 Å². The fourth-order valence-electron chi connectivity index (χ4n) is 4.25. The van der Waals surface area contributed by atoms with Crippen molar-refractivity contribution in [3.05, 3.63) is 29.8 Å². The SMILES string of the molecule is CN=C(NCc1cccc(NC(=O)C2CCCC2)c1)N1CCC(NC(=O)OC(C)(C)C)C1.I. The molecule has 184 valence electrons. The van der Waals surface area contributed by atoms with E-state index in [0.29, 0.717) is 13.1 Å². The molecule has 2 aliphatic rings. The van der Waals surface area contributed by atoms with Gasteiger partial charge in [0.15, 0.2) is 5.96 Å². The number of rotatable bonds is 5. The van der Waals surface area contributed by atoms with Crippen molar-refractivity contribution in [2.24, 2.45) is 10.9 Å². The Morgan fingerprint density at radius 1 is 1.18 bits per heavy atom. The third-order valence-corrected chi connectivity index (χ3v) is 5.79. The quantitative estimate of drug-likeness (QED) is 0.281. The third-order valence-electron chi connectivity index (χ3n) is 5.79. The van der Waals surface area contributed by atoms with Crippen LogP contribution in [0.1, 0.15) is 58.4 Å². The predicted octanol–water partition coefficient (Wildman–Crippen LogP) is 4.11. The minimum atomic E-state index is -0.509. The summed E-state index contributed by atoms with van der Waals surface area (Å²) in [6.45, 7) is 7.64. The molecule has 2 amide bonds. The second-order valence-electron chi connectivity index (χ2n) is 9.65. The molecule has 1 aromatic rings. The molecule has 1 aromatic carbocycles. The fraction of sp³-hybridized carbons (Fsp3) is 0.625. The molecule has 2 fully saturated rings. The Balaban J connectivity index is 0.00000385. The molecule has 1 heterocycles. The van der Waals surface area contributed by atoms with E-state index in [2.05, 4.69) is 25.8 Å². The average Bonchev–Trinajstić information content (AvgIpc) is 3.40. The topological polar surface area (TPSA) is 95.1 Å². The zero-order valence-corrected chi connectivity index (χ0v) is 22.5. The maximum atomic E-state index is 12.4. The molecular formula is C24H38IN5O3. The standard InChI is InChI=1S/C24H37N5O3.HI/c1-24(2,3)32-23(31)28-20-12-13-29(16-20)22(25-4)26-15-17-8-7-11-19(14-17)27-21(30)18-9-5-6-10-18;/h7-8,11,14,18,20H,5-6,9-10,12-13,15-16H2,1-4H3,(H,25,26)(H,27,30)(H,28,31);1H. The van der Waals surface area contributed by atoms with E-state index in [1.807, 2.05) is 45.0 Å². The number of amides is 2. The van der Waals surface area contributed by atoms with Crippen LogP contribution in [0.25, 0.3) is 0 Å². The Morgan fingerprint density at radius 3 is 2.58 bits per heavy atom. The van der Waals surface area contributed by atoms with E-state index in [9.17, 15) is 9.59 Å². The Morgan fingerprint density at radius 2 is 1.91 bits per heavy atom. The summed E-state index contributed by atoms with van der Waals surface area (Å²) in [5.41, 5.74) is 1.39. The summed E-state index contributed by atoms with van der Waals surface area (Å²) in [6, 6.07) is 7.95. The van der Waals surface area contributed by atoms with E-state index in [-0.39, 0.29) is 47.9 Å². The largest absolute Gasteiger partial charge is 0.444 e. The van der Waals surface area contributed by atoms with E-state index < -0.39 is 5.60 Å². The van der Waals surface area contributed by atoms with Crippen molar-refractivity contribution in [3.8, 4) is 0 Å². The molecule has 0 spiro atoms. The van der Waals surface area contributed by atoms with Crippen molar-refractivity contribution in [1.82, 2.24) is 15.5 Å². The number of ether oxygens (including phenoxy) is 1. The Labute approximate surface area is 214 Å². The summed E-state index contributed by atoms with van der Waals surface area (Å²) in [5.74, 6) is 1.07. The first kappa shape index (κ1) is 27.2. The maximum absolute atomic E-state index is 12.4. The van der Waals surface area contributed by atoms with Gasteiger partial charge in [-0.1, -0.05) is 25.0 Å². The van der Waals surface area contributed by atoms with Gasteiger partial charge in [0, 0.05) is 38.3 Å². The van der Waals surface area contributed by atoms with Crippen LogP contribution in [0.5, 0.6) is 0 Å². The van der Waals surface area contributed by atoms with Crippen LogP contribution in [0.4, 0.5) is 10.5 Å². The number of likely N-dealkylation sites (tertiary alicyclic amines) is 1. The van der Waals surface area contributed by atoms with E-state index in [1.165, 1.54) is 0 Å². The monoisotopic (exact) mass is 571 g/mol. The van der Waals surface area contributed by atoms with Gasteiger partial charge >= 0.3 is 6.09 Å². The zero-order valence-electron chi connectivity index (χ0n) is 20.1. The van der Waals surface area contributed by atoms with E-state index in [0.717, 1.165) is 55.9 Å². The molecule has 1 aliphatic carbocycles. The molecule has 3 N–H and O–H groups in total. The smallest absolute Gasteiger partial charge is 0.407 e. The van der Waals surface area contributed by atoms with Crippen LogP contribution in [0.15, 0.2) is 29.3 Å². The zero-order chi connectivity index (χ0) is 23.1. The molecule has 8 nitrogen and oxygen atoms in total. The van der Waals surface area contributed by atoms with Gasteiger partial charge < -0.3 is 25.6 Å². The first-order valence-electron chi connectivity index (χ1n) is 11.6. The first-order valence-corrected chi connectivity index (χ1v) is 11.6. The highest BCUT2D eigenvalue weighted by atomic mass is 127. The highest BCUT2D eigenvalue weighted by Gasteiger charge is 2.28. The maximum Gasteiger partial charge on any atom is 0.407 e. The van der Waals surface area contributed by atoms with Gasteiger partial charge in [-0.05, 0) is 57.7 Å². The molecule has 33 heavy (non-hydrogen) atoms. The Kier molecular flexibility index (Phi) is 10.2. The predicted molar refractivity (Wildman–Crippen MR) is 142 cm³/mol. The highest BCUT2D eigenvalue weighted by Crippen LogP contribution is 2.26. The number of aliphatic imine (C=N–C) groups is 1. The number of nitrogens with zero attached hydrogens (tertiary/aromatic N) is 2. The van der Waals surface area contributed by atoms with Gasteiger partial charge in [0.2, 0.25) is 5.91 Å². The van der Waals surface area contributed by atoms with Gasteiger partial charge in [0.05, 0.1) is 6.04 Å². The summed E-state index contributed by atoms with van der Waals surface area (Å²) in [5, 5.41) is 9.40. The lowest BCUT2D eigenvalue weighted by Gasteiger charge is -2.23. The van der Waals surface area contributed by atoms with E-state index in [1.54, 1.807) is 7.05 Å². The number of hydrogen-bond acceptors (Lipinski definition) is 4. The molecule has 1 saturated carbocycles. The van der Waals surface area contributed by atoms with Crippen LogP contribution in [0.2, 0.25) is 0 Å². The summed E-state index contributed by atoms with van der Waals surface area (Å²) >= 11 is 0. The fourth-order valence-corrected chi connectivity index (χ4v) is 4.25. The van der Waals surface area contributed by atoms with Crippen LogP contribution in [0.3, 0.4) is 0 Å². The van der Waals surface area contributed by atoms with Crippen molar-refractivity contribution in [2.75, 3.05) is 25.5 Å². The van der Waals surface area contributed by atoms with Gasteiger partial charge in [-0.15, -0.1) is 24.0 Å². The Hall–Kier alpha value is -2.04. The minimum Gasteiger partial charge on any atom is -0.444 e. The number of anilines is 1. The molecule has 9 heteroatoms. The van der Waals surface area contributed by atoms with Gasteiger partial charge in [-0.2, -0.15) is 0 Å². The van der Waals surface area contributed by atoms with Crippen molar-refractivity contribution < 1.29 is 14.3 Å². The van der Waals surface area contributed by atoms with Gasteiger partial charge in [-0.3, -0.25) is 9.79 Å². The lowest BCUT2D eigenvalue weighted by molar-refractivity contribution is -0.119. The number of guanidine groups is 1. The third kappa shape index (κ3) is 8.68. The lowest BCUT2D eigenvalue weighted by atomic mass is 10.1. The summed E-state index contributed by atoms with van der Waals surface area (Å²) in [7, 11) is 1.76. The molecule has 0 aromatic heterocycles. The lowest BCUT2D eigenvalue weighted by Crippen LogP contribution is -2.44. The molecular weight excluding hydrogens is 533 g/mol. The number of alkyl carbamates (subject to hydrolysis) is 1. The average molecular weight is 572 g/mol. The van der Waals surface area contributed by atoms with Gasteiger partial charge in [0.1, 0.15) is 5.60 Å². The van der Waals surface area contributed by atoms with Gasteiger partial charge in [-0.25, -0.2) is 4.79 Å². The number of hydrogen-bond donors (Lipinski definition) is 3. The van der Waals surface area contributed by atoms with Crippen LogP contribution < -0.4 is 16.0 Å². The highest BCUT2D eigenvalue weighted by molar-refractivity contribution is 14.0. The van der Waals surface area contributed by atoms with Crippen molar-refractivity contribution in [2.45, 2.75) is 71.1 Å². The van der Waals surface area contributed by atoms with Gasteiger partial charge in [0.25, 0.3) is 0 Å². The Bertz CT molecular complexity index is 834. The summed E-state index contributed by atoms with van der Waals surface area (Å²) < 4.78 is 5.35. The molecule has 1 aliphatic heterocycles. The van der Waals surface area contributed by atoms with E-state index in [4.69, 9.17) is 4.74 Å². The molecule has 1 unspecified atom stereocenters. The summed E-state index contributed by atoms with van der Waals surface area (Å²) in [6.07, 6.45) is 4.72.